The Morgan fingerprint density at radius 2 is 1.90 bits per heavy atom. The summed E-state index contributed by atoms with van der Waals surface area (Å²) in [7, 11) is 0. The first-order chi connectivity index (χ1) is 9.02. The highest BCUT2D eigenvalue weighted by molar-refractivity contribution is 5.93. The van der Waals surface area contributed by atoms with E-state index in [-0.39, 0.29) is 24.4 Å². The van der Waals surface area contributed by atoms with Gasteiger partial charge in [0.1, 0.15) is 6.61 Å². The molecular formula is C14H22N2O4. The summed E-state index contributed by atoms with van der Waals surface area (Å²) in [5.74, 6) is -0.211. The predicted octanol–water partition coefficient (Wildman–Crippen LogP) is 2.50. The second-order valence-corrected chi connectivity index (χ2v) is 6.44. The molecule has 6 heteroatoms. The number of carbonyl (C=O) groups is 2. The molecule has 0 atom stereocenters. The number of hydrogen-bond acceptors (Lipinski definition) is 5. The smallest absolute Gasteiger partial charge is 0.302 e. The highest BCUT2D eigenvalue weighted by atomic mass is 16.5. The van der Waals surface area contributed by atoms with Crippen LogP contribution in [0.2, 0.25) is 0 Å². The van der Waals surface area contributed by atoms with Crippen molar-refractivity contribution >= 4 is 17.8 Å². The fourth-order valence-electron chi connectivity index (χ4n) is 1.31. The molecule has 0 unspecified atom stereocenters. The van der Waals surface area contributed by atoms with E-state index >= 15 is 0 Å². The molecule has 0 aromatic carbocycles. The summed E-state index contributed by atoms with van der Waals surface area (Å²) in [5, 5.41) is 6.58. The largest absolute Gasteiger partial charge is 0.465 e. The van der Waals surface area contributed by atoms with Crippen molar-refractivity contribution in [3.8, 4) is 0 Å². The average Bonchev–Trinajstić information content (AvgIpc) is 2.74. The monoisotopic (exact) mass is 282 g/mol. The summed E-state index contributed by atoms with van der Waals surface area (Å²) in [6, 6.07) is 1.65. The molecule has 0 aliphatic heterocycles. The van der Waals surface area contributed by atoms with Crippen LogP contribution in [0.25, 0.3) is 0 Å². The maximum atomic E-state index is 11.8. The van der Waals surface area contributed by atoms with Gasteiger partial charge in [0.2, 0.25) is 11.8 Å². The van der Waals surface area contributed by atoms with Crippen LogP contribution in [-0.2, 0) is 19.7 Å². The number of nitrogens with zero attached hydrogens (tertiary/aromatic N) is 1. The molecule has 0 bridgehead atoms. The van der Waals surface area contributed by atoms with Crippen molar-refractivity contribution in [3.63, 3.8) is 0 Å². The van der Waals surface area contributed by atoms with Gasteiger partial charge in [-0.2, -0.15) is 0 Å². The minimum absolute atomic E-state index is 0.155. The number of anilines is 1. The van der Waals surface area contributed by atoms with Crippen molar-refractivity contribution in [2.45, 2.75) is 47.0 Å². The Balaban J connectivity index is 2.76. The van der Waals surface area contributed by atoms with Gasteiger partial charge < -0.3 is 9.26 Å². The molecule has 0 fully saturated rings. The van der Waals surface area contributed by atoms with Gasteiger partial charge in [-0.05, 0) is 0 Å². The van der Waals surface area contributed by atoms with Crippen molar-refractivity contribution in [3.05, 3.63) is 11.8 Å². The van der Waals surface area contributed by atoms with Gasteiger partial charge in [-0.15, -0.1) is 0 Å². The van der Waals surface area contributed by atoms with Gasteiger partial charge in [-0.3, -0.25) is 14.9 Å². The molecule has 0 radical (unpaired) electrons. The standard InChI is InChI=1S/C14H22N2O4/c1-9(17)19-8-14(5,6)10-7-11(20-16-10)15-12(18)13(2,3)4/h7H,8H2,1-6H3,(H,15,18). The van der Waals surface area contributed by atoms with Crippen molar-refractivity contribution in [2.24, 2.45) is 5.41 Å². The fraction of sp³-hybridized carbons (Fsp3) is 0.643. The predicted molar refractivity (Wildman–Crippen MR) is 74.2 cm³/mol. The Kier molecular flexibility index (Phi) is 4.57. The van der Waals surface area contributed by atoms with Gasteiger partial charge >= 0.3 is 5.97 Å². The summed E-state index contributed by atoms with van der Waals surface area (Å²) in [5.41, 5.74) is -0.386. The molecule has 1 aromatic heterocycles. The van der Waals surface area contributed by atoms with Crippen LogP contribution in [0.1, 0.15) is 47.2 Å². The number of amides is 1. The van der Waals surface area contributed by atoms with Gasteiger partial charge in [-0.1, -0.05) is 39.8 Å². The number of aromatic nitrogens is 1. The molecule has 0 aliphatic carbocycles. The van der Waals surface area contributed by atoms with Gasteiger partial charge in [0.05, 0.1) is 5.69 Å². The van der Waals surface area contributed by atoms with Crippen LogP contribution in [0.4, 0.5) is 5.88 Å². The van der Waals surface area contributed by atoms with Crippen molar-refractivity contribution in [2.75, 3.05) is 11.9 Å². The van der Waals surface area contributed by atoms with E-state index < -0.39 is 10.8 Å². The van der Waals surface area contributed by atoms with E-state index in [2.05, 4.69) is 10.5 Å². The van der Waals surface area contributed by atoms with Gasteiger partial charge in [0, 0.05) is 23.8 Å². The minimum Gasteiger partial charge on any atom is -0.465 e. The molecule has 1 rings (SSSR count). The van der Waals surface area contributed by atoms with Crippen LogP contribution in [0.15, 0.2) is 10.6 Å². The number of nitrogens with one attached hydrogen (secondary N) is 1. The third-order valence-corrected chi connectivity index (χ3v) is 2.76. The number of esters is 1. The van der Waals surface area contributed by atoms with Crippen LogP contribution in [0.5, 0.6) is 0 Å². The third kappa shape index (κ3) is 4.36. The second-order valence-electron chi connectivity index (χ2n) is 6.44. The molecule has 20 heavy (non-hydrogen) atoms. The molecule has 0 aliphatic rings. The number of carbonyl (C=O) groups excluding carboxylic acids is 2. The van der Waals surface area contributed by atoms with E-state index in [1.54, 1.807) is 6.07 Å². The Bertz CT molecular complexity index is 498. The van der Waals surface area contributed by atoms with Gasteiger partial charge in [-0.25, -0.2) is 0 Å². The molecule has 1 N–H and O–H groups in total. The first-order valence-corrected chi connectivity index (χ1v) is 6.44. The zero-order valence-electron chi connectivity index (χ0n) is 12.9. The lowest BCUT2D eigenvalue weighted by Crippen LogP contribution is -2.27. The number of rotatable bonds is 4. The Hall–Kier alpha value is -1.85. The highest BCUT2D eigenvalue weighted by Gasteiger charge is 2.28. The van der Waals surface area contributed by atoms with Crippen LogP contribution in [-0.4, -0.2) is 23.6 Å². The second kappa shape index (κ2) is 5.64. The summed E-state index contributed by atoms with van der Waals surface area (Å²) in [6.07, 6.45) is 0. The summed E-state index contributed by atoms with van der Waals surface area (Å²) < 4.78 is 10.1. The van der Waals surface area contributed by atoms with E-state index in [0.29, 0.717) is 5.69 Å². The SMILES string of the molecule is CC(=O)OCC(C)(C)c1cc(NC(=O)C(C)(C)C)on1. The van der Waals surface area contributed by atoms with Crippen molar-refractivity contribution in [1.82, 2.24) is 5.16 Å². The molecule has 0 spiro atoms. The first-order valence-electron chi connectivity index (χ1n) is 6.44. The maximum absolute atomic E-state index is 11.8. The molecule has 0 saturated carbocycles. The van der Waals surface area contributed by atoms with Crippen LogP contribution in [0, 0.1) is 5.41 Å². The van der Waals surface area contributed by atoms with E-state index in [4.69, 9.17) is 9.26 Å². The van der Waals surface area contributed by atoms with Crippen molar-refractivity contribution < 1.29 is 18.8 Å². The Morgan fingerprint density at radius 3 is 2.40 bits per heavy atom. The van der Waals surface area contributed by atoms with Crippen molar-refractivity contribution in [1.29, 1.82) is 0 Å². The average molecular weight is 282 g/mol. The lowest BCUT2D eigenvalue weighted by atomic mass is 9.90. The van der Waals surface area contributed by atoms with Gasteiger partial charge in [0.25, 0.3) is 0 Å². The third-order valence-electron chi connectivity index (χ3n) is 2.76. The van der Waals surface area contributed by atoms with E-state index in [9.17, 15) is 9.59 Å². The zero-order valence-corrected chi connectivity index (χ0v) is 12.9. The zero-order chi connectivity index (χ0) is 15.6. The quantitative estimate of drug-likeness (QED) is 0.858. The van der Waals surface area contributed by atoms with E-state index in [1.807, 2.05) is 34.6 Å². The van der Waals surface area contributed by atoms with Crippen LogP contribution < -0.4 is 5.32 Å². The molecule has 1 amide bonds. The Morgan fingerprint density at radius 1 is 1.30 bits per heavy atom. The number of hydrogen-bond donors (Lipinski definition) is 1. The highest BCUT2D eigenvalue weighted by Crippen LogP contribution is 2.26. The molecule has 1 aromatic rings. The first kappa shape index (κ1) is 16.2. The number of ether oxygens (including phenoxy) is 1. The van der Waals surface area contributed by atoms with Crippen LogP contribution in [0.3, 0.4) is 0 Å². The van der Waals surface area contributed by atoms with Crippen LogP contribution >= 0.6 is 0 Å². The topological polar surface area (TPSA) is 81.4 Å². The molecule has 112 valence electrons. The van der Waals surface area contributed by atoms with E-state index in [1.165, 1.54) is 6.92 Å². The normalized spacial score (nSPS) is 12.1. The fourth-order valence-corrected chi connectivity index (χ4v) is 1.31. The maximum Gasteiger partial charge on any atom is 0.302 e. The van der Waals surface area contributed by atoms with E-state index in [0.717, 1.165) is 0 Å². The molecule has 6 nitrogen and oxygen atoms in total. The molecule has 0 saturated heterocycles. The Labute approximate surface area is 118 Å². The minimum atomic E-state index is -0.514. The molecule has 1 heterocycles. The lowest BCUT2D eigenvalue weighted by molar-refractivity contribution is -0.142. The summed E-state index contributed by atoms with van der Waals surface area (Å²) >= 11 is 0. The molecular weight excluding hydrogens is 260 g/mol. The summed E-state index contributed by atoms with van der Waals surface area (Å²) in [6.45, 7) is 10.7. The van der Waals surface area contributed by atoms with Gasteiger partial charge in [0.15, 0.2) is 0 Å². The lowest BCUT2D eigenvalue weighted by Gasteiger charge is -2.20. The summed E-state index contributed by atoms with van der Waals surface area (Å²) in [4.78, 5) is 22.7.